The highest BCUT2D eigenvalue weighted by Crippen LogP contribution is 2.24. The van der Waals surface area contributed by atoms with E-state index in [9.17, 15) is 14.9 Å². The summed E-state index contributed by atoms with van der Waals surface area (Å²) in [5.41, 5.74) is -0.00269. The van der Waals surface area contributed by atoms with Crippen LogP contribution in [0.2, 0.25) is 5.15 Å². The molecule has 0 aromatic carbocycles. The normalized spacial score (nSPS) is 10.2. The van der Waals surface area contributed by atoms with Crippen LogP contribution in [-0.2, 0) is 0 Å². The van der Waals surface area contributed by atoms with Gasteiger partial charge < -0.3 is 4.42 Å². The molecule has 0 spiro atoms. The van der Waals surface area contributed by atoms with Gasteiger partial charge in [-0.2, -0.15) is 0 Å². The van der Waals surface area contributed by atoms with E-state index in [4.69, 9.17) is 16.0 Å². The Morgan fingerprint density at radius 2 is 2.26 bits per heavy atom. The average Bonchev–Trinajstić information content (AvgIpc) is 2.75. The monoisotopic (exact) mass is 282 g/mol. The molecule has 0 aliphatic rings. The van der Waals surface area contributed by atoms with Gasteiger partial charge in [0.05, 0.1) is 10.6 Å². The van der Waals surface area contributed by atoms with E-state index in [-0.39, 0.29) is 22.4 Å². The number of carbonyl (C=O) groups excluding carboxylic acids is 1. The van der Waals surface area contributed by atoms with Gasteiger partial charge in [0.2, 0.25) is 11.6 Å². The smallest absolute Gasteiger partial charge is 0.311 e. The Labute approximate surface area is 111 Å². The van der Waals surface area contributed by atoms with E-state index in [2.05, 4.69) is 15.3 Å². The third kappa shape index (κ3) is 2.68. The zero-order valence-corrected chi connectivity index (χ0v) is 10.3. The maximum atomic E-state index is 11.8. The van der Waals surface area contributed by atoms with Gasteiger partial charge in [0.1, 0.15) is 5.15 Å². The molecule has 0 unspecified atom stereocenters. The lowest BCUT2D eigenvalue weighted by Crippen LogP contribution is -2.14. The largest absolute Gasteiger partial charge is 0.438 e. The summed E-state index contributed by atoms with van der Waals surface area (Å²) in [6.07, 6.45) is 1.10. The quantitative estimate of drug-likeness (QED) is 0.525. The van der Waals surface area contributed by atoms with Crippen molar-refractivity contribution in [2.75, 3.05) is 5.32 Å². The van der Waals surface area contributed by atoms with Crippen LogP contribution in [0.4, 0.5) is 11.5 Å². The number of aromatic nitrogens is 2. The van der Waals surface area contributed by atoms with Gasteiger partial charge in [-0.25, -0.2) is 9.97 Å². The molecule has 0 fully saturated rings. The highest BCUT2D eigenvalue weighted by atomic mass is 35.5. The Morgan fingerprint density at radius 1 is 1.53 bits per heavy atom. The minimum atomic E-state index is -0.687. The molecule has 2 aromatic rings. The minimum absolute atomic E-state index is 0.0233. The lowest BCUT2D eigenvalue weighted by atomic mass is 10.3. The molecular formula is C10H7ClN4O4. The van der Waals surface area contributed by atoms with Crippen LogP contribution in [0.3, 0.4) is 0 Å². The van der Waals surface area contributed by atoms with Crippen LogP contribution < -0.4 is 5.32 Å². The Bertz CT molecular complexity index is 655. The first-order valence-corrected chi connectivity index (χ1v) is 5.39. The molecule has 0 saturated carbocycles. The van der Waals surface area contributed by atoms with Crippen molar-refractivity contribution < 1.29 is 14.1 Å². The molecule has 0 saturated heterocycles. The summed E-state index contributed by atoms with van der Waals surface area (Å²) in [4.78, 5) is 29.4. The maximum absolute atomic E-state index is 11.8. The highest BCUT2D eigenvalue weighted by Gasteiger charge is 2.21. The van der Waals surface area contributed by atoms with Gasteiger partial charge in [-0.3, -0.25) is 20.2 Å². The van der Waals surface area contributed by atoms with E-state index in [0.29, 0.717) is 5.69 Å². The van der Waals surface area contributed by atoms with E-state index in [0.717, 1.165) is 12.5 Å². The number of amides is 1. The van der Waals surface area contributed by atoms with E-state index in [1.807, 2.05) is 0 Å². The number of hydrogen-bond acceptors (Lipinski definition) is 6. The summed E-state index contributed by atoms with van der Waals surface area (Å²) in [7, 11) is 0. The van der Waals surface area contributed by atoms with Crippen molar-refractivity contribution >= 4 is 29.0 Å². The number of nitrogens with one attached hydrogen (secondary N) is 1. The number of anilines is 1. The topological polar surface area (TPSA) is 111 Å². The third-order valence-corrected chi connectivity index (χ3v) is 2.43. The number of rotatable bonds is 3. The molecule has 1 amide bonds. The van der Waals surface area contributed by atoms with Crippen LogP contribution in [0.1, 0.15) is 16.2 Å². The molecule has 8 nitrogen and oxygen atoms in total. The van der Waals surface area contributed by atoms with Gasteiger partial charge in [-0.15, -0.1) is 0 Å². The molecule has 0 aliphatic carbocycles. The number of nitro groups is 1. The van der Waals surface area contributed by atoms with Crippen molar-refractivity contribution in [1.82, 2.24) is 9.97 Å². The zero-order valence-electron chi connectivity index (χ0n) is 9.58. The molecule has 0 bridgehead atoms. The van der Waals surface area contributed by atoms with Gasteiger partial charge in [-0.1, -0.05) is 11.6 Å². The van der Waals surface area contributed by atoms with Gasteiger partial charge in [0.15, 0.2) is 6.39 Å². The van der Waals surface area contributed by atoms with Crippen molar-refractivity contribution in [2.24, 2.45) is 0 Å². The summed E-state index contributed by atoms with van der Waals surface area (Å²) in [6, 6.07) is 2.41. The standard InChI is InChI=1S/C10H7ClN4O4/c1-5-8(19-4-12-5)10(16)14-9-6(15(17)18)2-3-7(11)13-9/h2-4H,1H3,(H,13,14,16). The molecule has 98 valence electrons. The molecule has 2 rings (SSSR count). The van der Waals surface area contributed by atoms with E-state index in [1.165, 1.54) is 6.07 Å². The number of aryl methyl sites for hydroxylation is 1. The summed E-state index contributed by atoms with van der Waals surface area (Å²) in [6.45, 7) is 1.57. The van der Waals surface area contributed by atoms with Gasteiger partial charge >= 0.3 is 5.69 Å². The maximum Gasteiger partial charge on any atom is 0.311 e. The number of oxazole rings is 1. The molecule has 19 heavy (non-hydrogen) atoms. The van der Waals surface area contributed by atoms with Crippen molar-refractivity contribution in [2.45, 2.75) is 6.92 Å². The first kappa shape index (κ1) is 13.0. The lowest BCUT2D eigenvalue weighted by molar-refractivity contribution is -0.384. The van der Waals surface area contributed by atoms with Crippen molar-refractivity contribution in [3.8, 4) is 0 Å². The van der Waals surface area contributed by atoms with Crippen LogP contribution in [0.5, 0.6) is 0 Å². The second-order valence-electron chi connectivity index (χ2n) is 3.48. The predicted octanol–water partition coefficient (Wildman–Crippen LogP) is 2.19. The molecule has 0 aliphatic heterocycles. The number of hydrogen-bond donors (Lipinski definition) is 1. The summed E-state index contributed by atoms with van der Waals surface area (Å²) < 4.78 is 4.88. The number of pyridine rings is 1. The van der Waals surface area contributed by atoms with Crippen molar-refractivity contribution in [3.63, 3.8) is 0 Å². The van der Waals surface area contributed by atoms with Crippen LogP contribution in [0.25, 0.3) is 0 Å². The van der Waals surface area contributed by atoms with E-state index >= 15 is 0 Å². The summed E-state index contributed by atoms with van der Waals surface area (Å²) in [5, 5.41) is 13.1. The Balaban J connectivity index is 2.33. The number of nitrogens with zero attached hydrogens (tertiary/aromatic N) is 3. The molecule has 1 N–H and O–H groups in total. The first-order valence-electron chi connectivity index (χ1n) is 5.01. The Hall–Kier alpha value is -2.48. The van der Waals surface area contributed by atoms with Gasteiger partial charge in [0, 0.05) is 6.07 Å². The molecule has 2 heterocycles. The molecular weight excluding hydrogens is 276 g/mol. The second kappa shape index (κ2) is 5.02. The van der Waals surface area contributed by atoms with E-state index in [1.54, 1.807) is 6.92 Å². The fourth-order valence-corrected chi connectivity index (χ4v) is 1.50. The first-order chi connectivity index (χ1) is 8.99. The van der Waals surface area contributed by atoms with Crippen LogP contribution in [-0.4, -0.2) is 20.8 Å². The SMILES string of the molecule is Cc1ncoc1C(=O)Nc1nc(Cl)ccc1[N+](=O)[O-]. The Morgan fingerprint density at radius 3 is 2.84 bits per heavy atom. The van der Waals surface area contributed by atoms with Gasteiger partial charge in [0.25, 0.3) is 5.91 Å². The molecule has 0 atom stereocenters. The van der Waals surface area contributed by atoms with E-state index < -0.39 is 10.8 Å². The lowest BCUT2D eigenvalue weighted by Gasteiger charge is -2.03. The predicted molar refractivity (Wildman–Crippen MR) is 65.1 cm³/mol. The second-order valence-corrected chi connectivity index (χ2v) is 3.87. The summed E-state index contributed by atoms with van der Waals surface area (Å²) in [5.74, 6) is -0.984. The number of halogens is 1. The fraction of sp³-hybridized carbons (Fsp3) is 0.100. The molecule has 2 aromatic heterocycles. The average molecular weight is 283 g/mol. The Kier molecular flexibility index (Phi) is 3.43. The molecule has 9 heteroatoms. The third-order valence-electron chi connectivity index (χ3n) is 2.22. The summed E-state index contributed by atoms with van der Waals surface area (Å²) >= 11 is 5.64. The van der Waals surface area contributed by atoms with Crippen molar-refractivity contribution in [3.05, 3.63) is 45.2 Å². The minimum Gasteiger partial charge on any atom is -0.438 e. The zero-order chi connectivity index (χ0) is 14.0. The fourth-order valence-electron chi connectivity index (χ4n) is 1.35. The highest BCUT2D eigenvalue weighted by molar-refractivity contribution is 6.29. The number of carbonyl (C=O) groups is 1. The molecule has 0 radical (unpaired) electrons. The van der Waals surface area contributed by atoms with Crippen LogP contribution in [0, 0.1) is 17.0 Å². The van der Waals surface area contributed by atoms with Gasteiger partial charge in [-0.05, 0) is 13.0 Å². The van der Waals surface area contributed by atoms with Crippen molar-refractivity contribution in [1.29, 1.82) is 0 Å². The van der Waals surface area contributed by atoms with Crippen LogP contribution >= 0.6 is 11.6 Å². The van der Waals surface area contributed by atoms with Crippen LogP contribution in [0.15, 0.2) is 22.9 Å².